The van der Waals surface area contributed by atoms with Crippen LogP contribution in [0.5, 0.6) is 11.5 Å². The number of fused-ring (bicyclic) bond motifs is 1. The first-order chi connectivity index (χ1) is 14.5. The third kappa shape index (κ3) is 4.27. The predicted molar refractivity (Wildman–Crippen MR) is 109 cm³/mol. The number of amides is 2. The molecule has 2 aromatic rings. The molecule has 1 saturated carbocycles. The van der Waals surface area contributed by atoms with Crippen LogP contribution in [0.2, 0.25) is 0 Å². The highest BCUT2D eigenvalue weighted by Gasteiger charge is 2.27. The fourth-order valence-corrected chi connectivity index (χ4v) is 4.19. The minimum atomic E-state index is -0.132. The molecule has 1 aliphatic carbocycles. The fourth-order valence-electron chi connectivity index (χ4n) is 4.19. The standard InChI is InChI=1S/C22H27N3O5/c1-3-17-20(13(2)30-25-17)22(27)24-16-6-4-5-14(9-16)11-23-21(26)15-7-8-18-19(10-15)29-12-28-18/h7-8,10,14,16H,3-6,9,11-12H2,1-2H3,(H,23,26)(H,24,27)/t14-,16+/m1/s1. The lowest BCUT2D eigenvalue weighted by atomic mass is 9.85. The molecule has 160 valence electrons. The van der Waals surface area contributed by atoms with Gasteiger partial charge in [-0.05, 0) is 56.7 Å². The number of carbonyl (C=O) groups excluding carboxylic acids is 2. The Morgan fingerprint density at radius 1 is 1.17 bits per heavy atom. The number of ether oxygens (including phenoxy) is 2. The summed E-state index contributed by atoms with van der Waals surface area (Å²) in [6, 6.07) is 5.27. The predicted octanol–water partition coefficient (Wildman–Crippen LogP) is 2.99. The second kappa shape index (κ2) is 8.77. The van der Waals surface area contributed by atoms with Crippen molar-refractivity contribution in [3.8, 4) is 11.5 Å². The molecule has 2 atom stereocenters. The summed E-state index contributed by atoms with van der Waals surface area (Å²) < 4.78 is 15.8. The monoisotopic (exact) mass is 413 g/mol. The maximum Gasteiger partial charge on any atom is 0.257 e. The van der Waals surface area contributed by atoms with Gasteiger partial charge in [-0.1, -0.05) is 18.5 Å². The highest BCUT2D eigenvalue weighted by molar-refractivity contribution is 5.96. The zero-order chi connectivity index (χ0) is 21.1. The molecule has 0 unspecified atom stereocenters. The van der Waals surface area contributed by atoms with Gasteiger partial charge >= 0.3 is 0 Å². The van der Waals surface area contributed by atoms with Crippen LogP contribution >= 0.6 is 0 Å². The smallest absolute Gasteiger partial charge is 0.257 e. The van der Waals surface area contributed by atoms with Crippen molar-refractivity contribution >= 4 is 11.8 Å². The molecule has 30 heavy (non-hydrogen) atoms. The van der Waals surface area contributed by atoms with E-state index in [4.69, 9.17) is 14.0 Å². The van der Waals surface area contributed by atoms with Gasteiger partial charge in [-0.15, -0.1) is 0 Å². The van der Waals surface area contributed by atoms with Crippen molar-refractivity contribution in [3.05, 3.63) is 40.8 Å². The molecule has 0 radical (unpaired) electrons. The molecule has 1 aromatic carbocycles. The molecule has 1 aliphatic heterocycles. The molecule has 2 amide bonds. The van der Waals surface area contributed by atoms with Crippen LogP contribution in [-0.2, 0) is 6.42 Å². The second-order valence-corrected chi connectivity index (χ2v) is 7.90. The molecule has 8 heteroatoms. The van der Waals surface area contributed by atoms with Crippen LogP contribution in [0.25, 0.3) is 0 Å². The molecule has 4 rings (SSSR count). The SMILES string of the molecule is CCc1noc(C)c1C(=O)N[C@H]1CCC[C@@H](CNC(=O)c2ccc3c(c2)OCO3)C1. The molecule has 0 spiro atoms. The van der Waals surface area contributed by atoms with E-state index in [2.05, 4.69) is 15.8 Å². The van der Waals surface area contributed by atoms with E-state index in [0.29, 0.717) is 53.0 Å². The van der Waals surface area contributed by atoms with E-state index in [1.807, 2.05) is 6.92 Å². The number of benzene rings is 1. The molecule has 8 nitrogen and oxygen atoms in total. The largest absolute Gasteiger partial charge is 0.454 e. The van der Waals surface area contributed by atoms with Crippen LogP contribution in [0.1, 0.15) is 64.8 Å². The van der Waals surface area contributed by atoms with E-state index in [-0.39, 0.29) is 24.6 Å². The molecular weight excluding hydrogens is 386 g/mol. The van der Waals surface area contributed by atoms with Gasteiger partial charge in [0.1, 0.15) is 11.3 Å². The number of aromatic nitrogens is 1. The van der Waals surface area contributed by atoms with Crippen molar-refractivity contribution in [1.29, 1.82) is 0 Å². The minimum Gasteiger partial charge on any atom is -0.454 e. The first kappa shape index (κ1) is 20.3. The average molecular weight is 413 g/mol. The van der Waals surface area contributed by atoms with E-state index >= 15 is 0 Å². The average Bonchev–Trinajstić information content (AvgIpc) is 3.37. The number of aryl methyl sites for hydroxylation is 2. The molecule has 0 saturated heterocycles. The lowest BCUT2D eigenvalue weighted by Crippen LogP contribution is -2.41. The van der Waals surface area contributed by atoms with E-state index in [9.17, 15) is 9.59 Å². The third-order valence-corrected chi connectivity index (χ3v) is 5.80. The lowest BCUT2D eigenvalue weighted by molar-refractivity contribution is 0.0900. The number of hydrogen-bond donors (Lipinski definition) is 2. The summed E-state index contributed by atoms with van der Waals surface area (Å²) in [6.07, 6.45) is 4.46. The van der Waals surface area contributed by atoms with E-state index < -0.39 is 0 Å². The Kier molecular flexibility index (Phi) is 5.92. The number of rotatable bonds is 6. The Balaban J connectivity index is 1.30. The first-order valence-electron chi connectivity index (χ1n) is 10.5. The fraction of sp³-hybridized carbons (Fsp3) is 0.500. The van der Waals surface area contributed by atoms with Gasteiger partial charge in [0.15, 0.2) is 11.5 Å². The van der Waals surface area contributed by atoms with Gasteiger partial charge < -0.3 is 24.6 Å². The molecule has 1 aromatic heterocycles. The van der Waals surface area contributed by atoms with E-state index in [1.165, 1.54) is 0 Å². The second-order valence-electron chi connectivity index (χ2n) is 7.90. The summed E-state index contributed by atoms with van der Waals surface area (Å²) in [4.78, 5) is 25.2. The summed E-state index contributed by atoms with van der Waals surface area (Å²) in [5.41, 5.74) is 1.79. The molecule has 0 bridgehead atoms. The van der Waals surface area contributed by atoms with Crippen molar-refractivity contribution in [1.82, 2.24) is 15.8 Å². The van der Waals surface area contributed by atoms with Gasteiger partial charge in [-0.3, -0.25) is 9.59 Å². The van der Waals surface area contributed by atoms with Gasteiger partial charge in [0.25, 0.3) is 11.8 Å². The number of nitrogens with zero attached hydrogens (tertiary/aromatic N) is 1. The number of carbonyl (C=O) groups is 2. The third-order valence-electron chi connectivity index (χ3n) is 5.80. The molecular formula is C22H27N3O5. The number of hydrogen-bond acceptors (Lipinski definition) is 6. The van der Waals surface area contributed by atoms with Crippen LogP contribution in [0.3, 0.4) is 0 Å². The van der Waals surface area contributed by atoms with Crippen LogP contribution in [0.15, 0.2) is 22.7 Å². The maximum absolute atomic E-state index is 12.7. The van der Waals surface area contributed by atoms with Gasteiger partial charge in [0.05, 0.1) is 5.69 Å². The molecule has 2 heterocycles. The topological polar surface area (TPSA) is 103 Å². The molecule has 1 fully saturated rings. The Labute approximate surface area is 175 Å². The Morgan fingerprint density at radius 3 is 2.83 bits per heavy atom. The van der Waals surface area contributed by atoms with Gasteiger partial charge in [0.2, 0.25) is 6.79 Å². The van der Waals surface area contributed by atoms with Crippen molar-refractivity contribution in [2.75, 3.05) is 13.3 Å². The quantitative estimate of drug-likeness (QED) is 0.755. The Bertz CT molecular complexity index is 939. The summed E-state index contributed by atoms with van der Waals surface area (Å²) in [7, 11) is 0. The Morgan fingerprint density at radius 2 is 2.00 bits per heavy atom. The summed E-state index contributed by atoms with van der Waals surface area (Å²) in [5.74, 6) is 1.86. The zero-order valence-electron chi connectivity index (χ0n) is 17.3. The lowest BCUT2D eigenvalue weighted by Gasteiger charge is -2.30. The summed E-state index contributed by atoms with van der Waals surface area (Å²) >= 11 is 0. The molecule has 2 N–H and O–H groups in total. The maximum atomic E-state index is 12.7. The summed E-state index contributed by atoms with van der Waals surface area (Å²) in [6.45, 7) is 4.47. The highest BCUT2D eigenvalue weighted by atomic mass is 16.7. The van der Waals surface area contributed by atoms with Crippen LogP contribution < -0.4 is 20.1 Å². The van der Waals surface area contributed by atoms with Crippen LogP contribution in [0.4, 0.5) is 0 Å². The van der Waals surface area contributed by atoms with Gasteiger partial charge in [0, 0.05) is 18.2 Å². The van der Waals surface area contributed by atoms with Gasteiger partial charge in [-0.25, -0.2) is 0 Å². The minimum absolute atomic E-state index is 0.0812. The first-order valence-corrected chi connectivity index (χ1v) is 10.5. The Hall–Kier alpha value is -3.03. The van der Waals surface area contributed by atoms with Gasteiger partial charge in [-0.2, -0.15) is 0 Å². The van der Waals surface area contributed by atoms with Crippen LogP contribution in [0, 0.1) is 12.8 Å². The van der Waals surface area contributed by atoms with E-state index in [1.54, 1.807) is 25.1 Å². The number of nitrogens with one attached hydrogen (secondary N) is 2. The van der Waals surface area contributed by atoms with Crippen LogP contribution in [-0.4, -0.2) is 36.4 Å². The molecule has 2 aliphatic rings. The zero-order valence-corrected chi connectivity index (χ0v) is 17.3. The normalized spacial score (nSPS) is 20.1. The summed E-state index contributed by atoms with van der Waals surface area (Å²) in [5, 5.41) is 10.1. The van der Waals surface area contributed by atoms with Crippen molar-refractivity contribution in [2.45, 2.75) is 52.0 Å². The van der Waals surface area contributed by atoms with E-state index in [0.717, 1.165) is 25.7 Å². The van der Waals surface area contributed by atoms with Crippen molar-refractivity contribution in [3.63, 3.8) is 0 Å². The highest BCUT2D eigenvalue weighted by Crippen LogP contribution is 2.32. The van der Waals surface area contributed by atoms with Crippen molar-refractivity contribution in [2.24, 2.45) is 5.92 Å². The van der Waals surface area contributed by atoms with Crippen molar-refractivity contribution < 1.29 is 23.6 Å².